The van der Waals surface area contributed by atoms with Gasteiger partial charge in [0.15, 0.2) is 0 Å². The van der Waals surface area contributed by atoms with Gasteiger partial charge in [0.1, 0.15) is 6.29 Å². The summed E-state index contributed by atoms with van der Waals surface area (Å²) in [4.78, 5) is 14.7. The Balaban J connectivity index is 2.38. The van der Waals surface area contributed by atoms with Gasteiger partial charge in [0.25, 0.3) is 0 Å². The van der Waals surface area contributed by atoms with Crippen LogP contribution < -0.4 is 4.31 Å². The first-order chi connectivity index (χ1) is 10.1. The first kappa shape index (κ1) is 15.2. The van der Waals surface area contributed by atoms with Crippen LogP contribution in [0.1, 0.15) is 22.8 Å². The third kappa shape index (κ3) is 3.66. The summed E-state index contributed by atoms with van der Waals surface area (Å²) >= 11 is 0. The quantitative estimate of drug-likeness (QED) is 0.768. The number of carbonyl (C=O) groups excluding carboxylic acids is 1. The molecule has 1 aromatic carbocycles. The van der Waals surface area contributed by atoms with Gasteiger partial charge in [-0.25, -0.2) is 8.42 Å². The minimum absolute atomic E-state index is 0.00267. The Morgan fingerprint density at radius 2 is 1.90 bits per heavy atom. The van der Waals surface area contributed by atoms with Crippen molar-refractivity contribution in [3.8, 4) is 0 Å². The molecule has 21 heavy (non-hydrogen) atoms. The zero-order valence-corrected chi connectivity index (χ0v) is 12.5. The number of sulfonamides is 1. The van der Waals surface area contributed by atoms with E-state index in [0.717, 1.165) is 11.8 Å². The molecule has 0 saturated carbocycles. The molecule has 0 unspecified atom stereocenters. The maximum Gasteiger partial charge on any atom is 0.235 e. The maximum atomic E-state index is 12.3. The van der Waals surface area contributed by atoms with E-state index in [1.807, 2.05) is 6.07 Å². The number of pyridine rings is 1. The second-order valence-corrected chi connectivity index (χ2v) is 6.66. The van der Waals surface area contributed by atoms with E-state index in [4.69, 9.17) is 0 Å². The molecule has 2 aromatic rings. The highest BCUT2D eigenvalue weighted by Gasteiger charge is 2.20. The molecule has 0 atom stereocenters. The van der Waals surface area contributed by atoms with Crippen LogP contribution in [-0.4, -0.2) is 25.4 Å². The van der Waals surface area contributed by atoms with Crippen molar-refractivity contribution in [2.75, 3.05) is 10.1 Å². The van der Waals surface area contributed by atoms with E-state index in [1.165, 1.54) is 4.31 Å². The van der Waals surface area contributed by atoms with Gasteiger partial charge in [-0.1, -0.05) is 6.07 Å². The van der Waals surface area contributed by atoms with Crippen LogP contribution in [0.3, 0.4) is 0 Å². The Kier molecular flexibility index (Phi) is 4.70. The number of benzene rings is 1. The summed E-state index contributed by atoms with van der Waals surface area (Å²) < 4.78 is 25.9. The largest absolute Gasteiger partial charge is 0.298 e. The molecule has 0 radical (unpaired) electrons. The van der Waals surface area contributed by atoms with Crippen molar-refractivity contribution >= 4 is 22.0 Å². The Labute approximate surface area is 124 Å². The fourth-order valence-electron chi connectivity index (χ4n) is 1.88. The number of aldehydes is 1. The van der Waals surface area contributed by atoms with E-state index in [9.17, 15) is 13.2 Å². The summed E-state index contributed by atoms with van der Waals surface area (Å²) in [6.45, 7) is 1.82. The molecule has 0 aliphatic rings. The summed E-state index contributed by atoms with van der Waals surface area (Å²) in [5, 5.41) is 0. The Morgan fingerprint density at radius 3 is 2.43 bits per heavy atom. The van der Waals surface area contributed by atoms with Gasteiger partial charge >= 0.3 is 0 Å². The van der Waals surface area contributed by atoms with Crippen LogP contribution in [0.5, 0.6) is 0 Å². The molecule has 0 bridgehead atoms. The molecule has 1 aromatic heterocycles. The van der Waals surface area contributed by atoms with E-state index in [1.54, 1.807) is 49.6 Å². The molecule has 0 aliphatic carbocycles. The summed E-state index contributed by atoms with van der Waals surface area (Å²) in [5.41, 5.74) is 1.84. The number of nitrogens with zero attached hydrogens (tertiary/aromatic N) is 2. The molecular weight excluding hydrogens is 288 g/mol. The van der Waals surface area contributed by atoms with Gasteiger partial charge in [-0.2, -0.15) is 0 Å². The number of aromatic nitrogens is 1. The lowest BCUT2D eigenvalue weighted by Crippen LogP contribution is -2.31. The van der Waals surface area contributed by atoms with Crippen molar-refractivity contribution in [1.82, 2.24) is 4.98 Å². The second-order valence-electron chi connectivity index (χ2n) is 4.48. The Bertz CT molecular complexity index is 697. The highest BCUT2D eigenvalue weighted by Crippen LogP contribution is 2.21. The van der Waals surface area contributed by atoms with E-state index in [0.29, 0.717) is 11.3 Å². The summed E-state index contributed by atoms with van der Waals surface area (Å²) in [6.07, 6.45) is 4.00. The highest BCUT2D eigenvalue weighted by atomic mass is 32.2. The smallest absolute Gasteiger partial charge is 0.235 e. The SMILES string of the molecule is CCS(=O)(=O)N(Cc1cccnc1)c1ccc(C=O)cc1. The molecule has 2 rings (SSSR count). The predicted molar refractivity (Wildman–Crippen MR) is 81.7 cm³/mol. The van der Waals surface area contributed by atoms with Crippen molar-refractivity contribution in [3.63, 3.8) is 0 Å². The lowest BCUT2D eigenvalue weighted by molar-refractivity contribution is 0.112. The number of carbonyl (C=O) groups is 1. The average Bonchev–Trinajstić information content (AvgIpc) is 2.53. The average molecular weight is 304 g/mol. The number of hydrogen-bond acceptors (Lipinski definition) is 4. The van der Waals surface area contributed by atoms with Crippen molar-refractivity contribution in [1.29, 1.82) is 0 Å². The zero-order chi connectivity index (χ0) is 15.3. The molecule has 110 valence electrons. The fraction of sp³-hybridized carbons (Fsp3) is 0.200. The summed E-state index contributed by atoms with van der Waals surface area (Å²) in [6, 6.07) is 10.1. The molecule has 0 saturated heterocycles. The van der Waals surface area contributed by atoms with Crippen molar-refractivity contribution < 1.29 is 13.2 Å². The Morgan fingerprint density at radius 1 is 1.19 bits per heavy atom. The highest BCUT2D eigenvalue weighted by molar-refractivity contribution is 7.92. The van der Waals surface area contributed by atoms with Crippen LogP contribution in [0.15, 0.2) is 48.8 Å². The van der Waals surface area contributed by atoms with E-state index in [-0.39, 0.29) is 12.3 Å². The van der Waals surface area contributed by atoms with Gasteiger partial charge in [0.2, 0.25) is 10.0 Å². The van der Waals surface area contributed by atoms with Gasteiger partial charge in [-0.15, -0.1) is 0 Å². The van der Waals surface area contributed by atoms with Gasteiger partial charge in [0, 0.05) is 18.0 Å². The zero-order valence-electron chi connectivity index (χ0n) is 11.6. The number of hydrogen-bond donors (Lipinski definition) is 0. The van der Waals surface area contributed by atoms with E-state index in [2.05, 4.69) is 4.98 Å². The second kappa shape index (κ2) is 6.49. The van der Waals surface area contributed by atoms with Crippen LogP contribution >= 0.6 is 0 Å². The predicted octanol–water partition coefficient (Wildman–Crippen LogP) is 2.25. The first-order valence-electron chi connectivity index (χ1n) is 6.51. The lowest BCUT2D eigenvalue weighted by atomic mass is 10.2. The van der Waals surface area contributed by atoms with Gasteiger partial charge < -0.3 is 0 Å². The van der Waals surface area contributed by atoms with E-state index >= 15 is 0 Å². The minimum atomic E-state index is -3.41. The summed E-state index contributed by atoms with van der Waals surface area (Å²) in [7, 11) is -3.41. The Hall–Kier alpha value is -2.21. The topological polar surface area (TPSA) is 67.3 Å². The summed E-state index contributed by atoms with van der Waals surface area (Å²) in [5.74, 6) is 0.00267. The molecule has 1 heterocycles. The van der Waals surface area contributed by atoms with Crippen LogP contribution in [0.25, 0.3) is 0 Å². The molecule has 6 heteroatoms. The molecule has 0 aliphatic heterocycles. The first-order valence-corrected chi connectivity index (χ1v) is 8.12. The van der Waals surface area contributed by atoms with E-state index < -0.39 is 10.0 Å². The maximum absolute atomic E-state index is 12.3. The molecule has 0 fully saturated rings. The third-order valence-corrected chi connectivity index (χ3v) is 4.81. The van der Waals surface area contributed by atoms with Crippen LogP contribution in [0, 0.1) is 0 Å². The number of rotatable bonds is 6. The van der Waals surface area contributed by atoms with Crippen molar-refractivity contribution in [2.24, 2.45) is 0 Å². The van der Waals surface area contributed by atoms with Crippen LogP contribution in [-0.2, 0) is 16.6 Å². The van der Waals surface area contributed by atoms with Gasteiger partial charge in [-0.05, 0) is 42.8 Å². The monoisotopic (exact) mass is 304 g/mol. The standard InChI is InChI=1S/C15H16N2O3S/c1-2-21(19,20)17(11-14-4-3-9-16-10-14)15-7-5-13(12-18)6-8-15/h3-10,12H,2,11H2,1H3. The molecular formula is C15H16N2O3S. The van der Waals surface area contributed by atoms with Crippen LogP contribution in [0.2, 0.25) is 0 Å². The third-order valence-electron chi connectivity index (χ3n) is 3.07. The fourth-order valence-corrected chi connectivity index (χ4v) is 2.98. The minimum Gasteiger partial charge on any atom is -0.298 e. The molecule has 0 N–H and O–H groups in total. The van der Waals surface area contributed by atoms with Gasteiger partial charge in [0.05, 0.1) is 18.0 Å². The van der Waals surface area contributed by atoms with Crippen LogP contribution in [0.4, 0.5) is 5.69 Å². The normalized spacial score (nSPS) is 11.1. The molecule has 5 nitrogen and oxygen atoms in total. The molecule has 0 spiro atoms. The van der Waals surface area contributed by atoms with Crippen molar-refractivity contribution in [2.45, 2.75) is 13.5 Å². The van der Waals surface area contributed by atoms with Crippen molar-refractivity contribution in [3.05, 3.63) is 59.9 Å². The molecule has 0 amide bonds. The number of anilines is 1. The van der Waals surface area contributed by atoms with Gasteiger partial charge in [-0.3, -0.25) is 14.1 Å². The lowest BCUT2D eigenvalue weighted by Gasteiger charge is -2.24.